The Morgan fingerprint density at radius 1 is 0.913 bits per heavy atom. The number of nitrogens with zero attached hydrogens (tertiary/aromatic N) is 2. The van der Waals surface area contributed by atoms with Crippen LogP contribution in [0.1, 0.15) is 55.7 Å². The van der Waals surface area contributed by atoms with Crippen molar-refractivity contribution in [2.24, 2.45) is 17.8 Å². The Morgan fingerprint density at radius 2 is 1.57 bits per heavy atom. The number of carbonyl (C=O) groups excluding carboxylic acids is 2. The Hall–Kier alpha value is -4.04. The number of benzene rings is 3. The summed E-state index contributed by atoms with van der Waals surface area (Å²) in [6, 6.07) is 27.2. The summed E-state index contributed by atoms with van der Waals surface area (Å²) in [7, 11) is 0. The second-order valence-electron chi connectivity index (χ2n) is 13.0. The van der Waals surface area contributed by atoms with Crippen LogP contribution in [0.3, 0.4) is 0 Å². The number of hydrogen-bond acceptors (Lipinski definition) is 6. The van der Waals surface area contributed by atoms with E-state index >= 15 is 0 Å². The Bertz CT molecular complexity index is 1590. The molecule has 0 radical (unpaired) electrons. The van der Waals surface area contributed by atoms with Gasteiger partial charge in [0.05, 0.1) is 24.5 Å². The number of likely N-dealkylation sites (tertiary alicyclic amines) is 2. The molecule has 0 unspecified atom stereocenters. The van der Waals surface area contributed by atoms with E-state index in [4.69, 9.17) is 0 Å². The first kappa shape index (κ1) is 31.9. The molecule has 1 aliphatic carbocycles. The number of phenolic OH excluding ortho intramolecular Hbond substituents is 1. The molecular formula is C39H44N2O5. The molecule has 3 N–H and O–H groups in total. The fourth-order valence-electron chi connectivity index (χ4n) is 7.88. The first-order valence-electron chi connectivity index (χ1n) is 16.5. The van der Waals surface area contributed by atoms with E-state index in [9.17, 15) is 24.9 Å². The highest BCUT2D eigenvalue weighted by Crippen LogP contribution is 2.47. The molecule has 0 spiro atoms. The third-order valence-corrected chi connectivity index (χ3v) is 10.2. The van der Waals surface area contributed by atoms with Crippen LogP contribution in [0.5, 0.6) is 5.75 Å². The molecule has 7 nitrogen and oxygen atoms in total. The minimum Gasteiger partial charge on any atom is -0.507 e. The van der Waals surface area contributed by atoms with Crippen molar-refractivity contribution in [1.82, 2.24) is 9.80 Å². The highest BCUT2D eigenvalue weighted by Gasteiger charge is 2.56. The number of aromatic hydroxyl groups is 1. The molecule has 7 heteroatoms. The number of aliphatic hydroxyl groups excluding tert-OH is 2. The zero-order valence-corrected chi connectivity index (χ0v) is 26.5. The highest BCUT2D eigenvalue weighted by atomic mass is 16.3. The van der Waals surface area contributed by atoms with Gasteiger partial charge in [-0.15, -0.1) is 0 Å². The van der Waals surface area contributed by atoms with E-state index in [1.807, 2.05) is 73.7 Å². The van der Waals surface area contributed by atoms with Crippen LogP contribution in [0.2, 0.25) is 0 Å². The van der Waals surface area contributed by atoms with Crippen molar-refractivity contribution in [2.45, 2.75) is 57.7 Å². The predicted molar refractivity (Wildman–Crippen MR) is 179 cm³/mol. The maximum Gasteiger partial charge on any atom is 0.234 e. The summed E-state index contributed by atoms with van der Waals surface area (Å²) in [5, 5.41) is 32.7. The first-order valence-corrected chi connectivity index (χ1v) is 16.5. The number of piperidine rings is 1. The van der Waals surface area contributed by atoms with Crippen LogP contribution < -0.4 is 0 Å². The summed E-state index contributed by atoms with van der Waals surface area (Å²) in [5.41, 5.74) is 5.49. The van der Waals surface area contributed by atoms with Gasteiger partial charge in [-0.05, 0) is 73.4 Å². The largest absolute Gasteiger partial charge is 0.507 e. The minimum absolute atomic E-state index is 0.125. The lowest BCUT2D eigenvalue weighted by molar-refractivity contribution is -0.144. The van der Waals surface area contributed by atoms with Crippen molar-refractivity contribution in [1.29, 1.82) is 0 Å². The number of imide groups is 1. The van der Waals surface area contributed by atoms with Crippen LogP contribution in [-0.4, -0.2) is 68.8 Å². The number of allylic oxidation sites excluding steroid dienone is 2. The van der Waals surface area contributed by atoms with E-state index in [2.05, 4.69) is 17.0 Å². The van der Waals surface area contributed by atoms with Gasteiger partial charge in [-0.3, -0.25) is 19.4 Å². The average Bonchev–Trinajstić information content (AvgIpc) is 3.32. The maximum atomic E-state index is 14.0. The number of hydrogen-bond donors (Lipinski definition) is 3. The van der Waals surface area contributed by atoms with Crippen LogP contribution in [0, 0.1) is 17.8 Å². The molecular weight excluding hydrogens is 576 g/mol. The van der Waals surface area contributed by atoms with E-state index in [1.54, 1.807) is 12.1 Å². The number of amides is 2. The van der Waals surface area contributed by atoms with E-state index < -0.39 is 23.9 Å². The van der Waals surface area contributed by atoms with Gasteiger partial charge in [-0.25, -0.2) is 0 Å². The number of para-hydroxylation sites is 1. The zero-order valence-electron chi connectivity index (χ0n) is 26.5. The second-order valence-corrected chi connectivity index (χ2v) is 13.0. The lowest BCUT2D eigenvalue weighted by atomic mass is 9.68. The monoisotopic (exact) mass is 620 g/mol. The fourth-order valence-corrected chi connectivity index (χ4v) is 7.88. The van der Waals surface area contributed by atoms with Gasteiger partial charge in [0.1, 0.15) is 5.75 Å². The minimum atomic E-state index is -0.882. The molecule has 2 amide bonds. The van der Waals surface area contributed by atoms with Crippen molar-refractivity contribution in [3.05, 3.63) is 113 Å². The predicted octanol–water partition coefficient (Wildman–Crippen LogP) is 5.67. The molecule has 4 atom stereocenters. The Kier molecular flexibility index (Phi) is 9.83. The summed E-state index contributed by atoms with van der Waals surface area (Å²) >= 11 is 0. The summed E-state index contributed by atoms with van der Waals surface area (Å²) in [6.45, 7) is 4.11. The topological polar surface area (TPSA) is 101 Å². The Balaban J connectivity index is 1.16. The number of rotatable bonds is 10. The standard InChI is InChI=1S/C39H44N2O5/c1-26-22-32-37(39(46)41(38(32)45)31-18-20-40(21-19-31)24-27-10-4-2-5-11-27)33(25-42)36(26)35(44)17-16-29(28-12-6-3-7-13-28)23-30-14-8-9-15-34(30)43/h2-15,23,31-33,35,37,42-44H,16-22,24-25H2,1H3/b29-23-/t32-,33+,35-,37-/m1/s1. The van der Waals surface area contributed by atoms with E-state index in [-0.39, 0.29) is 30.2 Å². The molecule has 46 heavy (non-hydrogen) atoms. The van der Waals surface area contributed by atoms with Crippen LogP contribution in [-0.2, 0) is 16.1 Å². The van der Waals surface area contributed by atoms with E-state index in [1.165, 1.54) is 10.5 Å². The van der Waals surface area contributed by atoms with Crippen molar-refractivity contribution in [3.8, 4) is 5.75 Å². The molecule has 2 fully saturated rings. The van der Waals surface area contributed by atoms with Crippen LogP contribution in [0.25, 0.3) is 11.6 Å². The smallest absolute Gasteiger partial charge is 0.234 e. The molecule has 240 valence electrons. The van der Waals surface area contributed by atoms with E-state index in [0.29, 0.717) is 30.4 Å². The molecule has 2 saturated heterocycles. The number of carbonyl (C=O) groups is 2. The molecule has 2 heterocycles. The number of fused-ring (bicyclic) bond motifs is 1. The second kappa shape index (κ2) is 14.2. The lowest BCUT2D eigenvalue weighted by Crippen LogP contribution is -2.47. The Morgan fingerprint density at radius 3 is 2.24 bits per heavy atom. The molecule has 6 rings (SSSR count). The van der Waals surface area contributed by atoms with Gasteiger partial charge >= 0.3 is 0 Å². The van der Waals surface area contributed by atoms with Crippen molar-refractivity contribution in [3.63, 3.8) is 0 Å². The van der Waals surface area contributed by atoms with Crippen molar-refractivity contribution < 1.29 is 24.9 Å². The van der Waals surface area contributed by atoms with Crippen molar-refractivity contribution in [2.75, 3.05) is 19.7 Å². The summed E-state index contributed by atoms with van der Waals surface area (Å²) in [6.07, 6.45) is 3.85. The maximum absolute atomic E-state index is 14.0. The molecule has 0 bridgehead atoms. The average molecular weight is 621 g/mol. The van der Waals surface area contributed by atoms with Gasteiger partial charge in [-0.2, -0.15) is 0 Å². The normalized spacial score (nSPS) is 23.6. The van der Waals surface area contributed by atoms with Gasteiger partial charge in [0.25, 0.3) is 0 Å². The molecule has 0 saturated carbocycles. The van der Waals surface area contributed by atoms with Gasteiger partial charge in [0.15, 0.2) is 0 Å². The fraction of sp³-hybridized carbons (Fsp3) is 0.385. The van der Waals surface area contributed by atoms with Crippen LogP contribution in [0.4, 0.5) is 0 Å². The van der Waals surface area contributed by atoms with Gasteiger partial charge < -0.3 is 15.3 Å². The lowest BCUT2D eigenvalue weighted by Gasteiger charge is -2.36. The highest BCUT2D eigenvalue weighted by molar-refractivity contribution is 6.06. The van der Waals surface area contributed by atoms with E-state index in [0.717, 1.165) is 49.2 Å². The van der Waals surface area contributed by atoms with Crippen molar-refractivity contribution >= 4 is 23.5 Å². The number of phenols is 1. The molecule has 3 aliphatic rings. The molecule has 2 aliphatic heterocycles. The van der Waals surface area contributed by atoms with Crippen LogP contribution >= 0.6 is 0 Å². The summed E-state index contributed by atoms with van der Waals surface area (Å²) in [5.74, 6) is -1.89. The SMILES string of the molecule is CC1=C([C@H](O)CC/C(=C/c2ccccc2O)c2ccccc2)[C@H](CO)[C@@H]2C(=O)N(C3CCN(Cc4ccccc4)CC3)C(=O)[C@@H]2C1. The Labute approximate surface area is 271 Å². The zero-order chi connectivity index (χ0) is 32.2. The molecule has 0 aromatic heterocycles. The first-order chi connectivity index (χ1) is 22.4. The summed E-state index contributed by atoms with van der Waals surface area (Å²) in [4.78, 5) is 31.7. The van der Waals surface area contributed by atoms with Gasteiger partial charge in [-0.1, -0.05) is 84.4 Å². The van der Waals surface area contributed by atoms with Gasteiger partial charge in [0.2, 0.25) is 11.8 Å². The third-order valence-electron chi connectivity index (χ3n) is 10.2. The van der Waals surface area contributed by atoms with Gasteiger partial charge in [0, 0.05) is 37.2 Å². The third kappa shape index (κ3) is 6.59. The summed E-state index contributed by atoms with van der Waals surface area (Å²) < 4.78 is 0. The molecule has 3 aromatic carbocycles. The number of aliphatic hydroxyl groups is 2. The quantitative estimate of drug-likeness (QED) is 0.154. The van der Waals surface area contributed by atoms with Crippen LogP contribution in [0.15, 0.2) is 96.1 Å². The molecule has 3 aromatic rings.